The molecule has 1 rings (SSSR count). The fourth-order valence-electron chi connectivity index (χ4n) is 1.98. The maximum Gasteiger partial charge on any atom is 0.185 e. The van der Waals surface area contributed by atoms with E-state index in [1.54, 1.807) is 0 Å². The fourth-order valence-corrected chi connectivity index (χ4v) is 1.98. The van der Waals surface area contributed by atoms with E-state index in [1.807, 2.05) is 0 Å². The van der Waals surface area contributed by atoms with Crippen LogP contribution in [0.5, 0.6) is 0 Å². The van der Waals surface area contributed by atoms with Crippen LogP contribution < -0.4 is 11.5 Å². The third-order valence-corrected chi connectivity index (χ3v) is 2.82. The molecule has 0 saturated heterocycles. The van der Waals surface area contributed by atoms with Gasteiger partial charge >= 0.3 is 0 Å². The zero-order chi connectivity index (χ0) is 10.9. The Kier molecular flexibility index (Phi) is 6.16. The highest BCUT2D eigenvalue weighted by atomic mass is 16.5. The van der Waals surface area contributed by atoms with Crippen LogP contribution in [-0.4, -0.2) is 25.7 Å². The summed E-state index contributed by atoms with van der Waals surface area (Å²) in [7, 11) is 0. The van der Waals surface area contributed by atoms with Crippen molar-refractivity contribution in [1.29, 1.82) is 0 Å². The third kappa shape index (κ3) is 6.33. The first-order chi connectivity index (χ1) is 7.29. The monoisotopic (exact) mass is 213 g/mol. The molecule has 0 aromatic heterocycles. The van der Waals surface area contributed by atoms with Crippen molar-refractivity contribution in [2.24, 2.45) is 22.4 Å². The largest absolute Gasteiger partial charge is 0.381 e. The molecule has 0 atom stereocenters. The van der Waals surface area contributed by atoms with E-state index in [4.69, 9.17) is 16.2 Å². The lowest BCUT2D eigenvalue weighted by Gasteiger charge is -2.21. The Morgan fingerprint density at radius 2 is 1.93 bits per heavy atom. The van der Waals surface area contributed by atoms with Gasteiger partial charge in [-0.15, -0.1) is 0 Å². The van der Waals surface area contributed by atoms with E-state index in [0.29, 0.717) is 6.54 Å². The standard InChI is InChI=1S/C11H23N3O/c12-11(13)14-7-4-8-15-9-10-5-2-1-3-6-10/h10H,1-9H2,(H4,12,13,14). The van der Waals surface area contributed by atoms with Crippen molar-refractivity contribution in [2.75, 3.05) is 19.8 Å². The topological polar surface area (TPSA) is 73.6 Å². The Hall–Kier alpha value is -0.770. The highest BCUT2D eigenvalue weighted by Gasteiger charge is 2.12. The van der Waals surface area contributed by atoms with Crippen molar-refractivity contribution in [3.63, 3.8) is 0 Å². The van der Waals surface area contributed by atoms with Gasteiger partial charge < -0.3 is 16.2 Å². The average molecular weight is 213 g/mol. The van der Waals surface area contributed by atoms with Crippen molar-refractivity contribution >= 4 is 5.96 Å². The van der Waals surface area contributed by atoms with Gasteiger partial charge in [-0.05, 0) is 25.2 Å². The number of hydrogen-bond donors (Lipinski definition) is 2. The first-order valence-corrected chi connectivity index (χ1v) is 5.92. The summed E-state index contributed by atoms with van der Waals surface area (Å²) >= 11 is 0. The number of aliphatic imine (C=N–C) groups is 1. The van der Waals surface area contributed by atoms with Gasteiger partial charge in [0.1, 0.15) is 0 Å². The van der Waals surface area contributed by atoms with Gasteiger partial charge in [0.25, 0.3) is 0 Å². The van der Waals surface area contributed by atoms with Gasteiger partial charge in [0.15, 0.2) is 5.96 Å². The van der Waals surface area contributed by atoms with Gasteiger partial charge in [-0.2, -0.15) is 0 Å². The highest BCUT2D eigenvalue weighted by Crippen LogP contribution is 2.23. The molecule has 1 saturated carbocycles. The second-order valence-corrected chi connectivity index (χ2v) is 4.24. The fraction of sp³-hybridized carbons (Fsp3) is 0.909. The second kappa shape index (κ2) is 7.51. The molecule has 0 amide bonds. The predicted octanol–water partition coefficient (Wildman–Crippen LogP) is 1.25. The summed E-state index contributed by atoms with van der Waals surface area (Å²) in [6, 6.07) is 0. The third-order valence-electron chi connectivity index (χ3n) is 2.82. The van der Waals surface area contributed by atoms with Gasteiger partial charge in [-0.3, -0.25) is 4.99 Å². The molecular formula is C11H23N3O. The van der Waals surface area contributed by atoms with Gasteiger partial charge in [-0.25, -0.2) is 0 Å². The zero-order valence-corrected chi connectivity index (χ0v) is 9.45. The minimum atomic E-state index is 0.169. The quantitative estimate of drug-likeness (QED) is 0.396. The van der Waals surface area contributed by atoms with Gasteiger partial charge in [0.2, 0.25) is 0 Å². The molecule has 88 valence electrons. The summed E-state index contributed by atoms with van der Waals surface area (Å²) in [6.07, 6.45) is 7.75. The first kappa shape index (κ1) is 12.3. The van der Waals surface area contributed by atoms with Crippen LogP contribution in [0.1, 0.15) is 38.5 Å². The lowest BCUT2D eigenvalue weighted by molar-refractivity contribution is 0.0847. The Morgan fingerprint density at radius 3 is 2.60 bits per heavy atom. The number of nitrogens with zero attached hydrogens (tertiary/aromatic N) is 1. The molecule has 0 aliphatic heterocycles. The smallest absolute Gasteiger partial charge is 0.185 e. The molecule has 4 N–H and O–H groups in total. The number of guanidine groups is 1. The SMILES string of the molecule is NC(N)=NCCCOCC1CCCCC1. The Balaban J connectivity index is 1.90. The molecule has 0 bridgehead atoms. The molecule has 0 unspecified atom stereocenters. The summed E-state index contributed by atoms with van der Waals surface area (Å²) in [6.45, 7) is 2.36. The van der Waals surface area contributed by atoms with Crippen LogP contribution in [0.3, 0.4) is 0 Å². The van der Waals surface area contributed by atoms with Crippen LogP contribution >= 0.6 is 0 Å². The Bertz CT molecular complexity index is 184. The molecule has 15 heavy (non-hydrogen) atoms. The summed E-state index contributed by atoms with van der Waals surface area (Å²) in [4.78, 5) is 3.90. The Morgan fingerprint density at radius 1 is 1.20 bits per heavy atom. The van der Waals surface area contributed by atoms with Crippen LogP contribution in [0.2, 0.25) is 0 Å². The molecule has 0 aromatic carbocycles. The summed E-state index contributed by atoms with van der Waals surface area (Å²) in [5.74, 6) is 0.962. The van der Waals surface area contributed by atoms with Crippen LogP contribution in [0, 0.1) is 5.92 Å². The molecule has 4 nitrogen and oxygen atoms in total. The zero-order valence-electron chi connectivity index (χ0n) is 9.45. The van der Waals surface area contributed by atoms with Crippen molar-refractivity contribution < 1.29 is 4.74 Å². The molecule has 4 heteroatoms. The average Bonchev–Trinajstić information content (AvgIpc) is 2.24. The van der Waals surface area contributed by atoms with E-state index in [1.165, 1.54) is 32.1 Å². The molecule has 0 aromatic rings. The number of ether oxygens (including phenoxy) is 1. The summed E-state index contributed by atoms with van der Waals surface area (Å²) < 4.78 is 5.60. The first-order valence-electron chi connectivity index (χ1n) is 5.92. The highest BCUT2D eigenvalue weighted by molar-refractivity contribution is 5.75. The van der Waals surface area contributed by atoms with Crippen LogP contribution in [-0.2, 0) is 4.74 Å². The minimum absolute atomic E-state index is 0.169. The molecule has 1 fully saturated rings. The van der Waals surface area contributed by atoms with Crippen molar-refractivity contribution in [2.45, 2.75) is 38.5 Å². The normalized spacial score (nSPS) is 17.6. The van der Waals surface area contributed by atoms with E-state index in [2.05, 4.69) is 4.99 Å². The van der Waals surface area contributed by atoms with Crippen LogP contribution in [0.4, 0.5) is 0 Å². The van der Waals surface area contributed by atoms with Crippen molar-refractivity contribution in [3.05, 3.63) is 0 Å². The molecular weight excluding hydrogens is 190 g/mol. The van der Waals surface area contributed by atoms with Gasteiger partial charge in [0.05, 0.1) is 0 Å². The lowest BCUT2D eigenvalue weighted by Crippen LogP contribution is -2.23. The minimum Gasteiger partial charge on any atom is -0.381 e. The number of nitrogens with two attached hydrogens (primary N) is 2. The molecule has 1 aliphatic rings. The van der Waals surface area contributed by atoms with E-state index in [9.17, 15) is 0 Å². The van der Waals surface area contributed by atoms with Crippen LogP contribution in [0.15, 0.2) is 4.99 Å². The van der Waals surface area contributed by atoms with E-state index in [0.717, 1.165) is 25.6 Å². The molecule has 1 aliphatic carbocycles. The lowest BCUT2D eigenvalue weighted by atomic mass is 9.90. The maximum atomic E-state index is 5.60. The molecule has 0 heterocycles. The van der Waals surface area contributed by atoms with E-state index < -0.39 is 0 Å². The predicted molar refractivity (Wildman–Crippen MR) is 62.7 cm³/mol. The number of rotatable bonds is 6. The summed E-state index contributed by atoms with van der Waals surface area (Å²) in [5, 5.41) is 0. The Labute approximate surface area is 92.1 Å². The van der Waals surface area contributed by atoms with Crippen molar-refractivity contribution in [1.82, 2.24) is 0 Å². The van der Waals surface area contributed by atoms with E-state index in [-0.39, 0.29) is 5.96 Å². The van der Waals surface area contributed by atoms with Crippen LogP contribution in [0.25, 0.3) is 0 Å². The molecule has 0 spiro atoms. The van der Waals surface area contributed by atoms with Crippen molar-refractivity contribution in [3.8, 4) is 0 Å². The maximum absolute atomic E-state index is 5.60. The van der Waals surface area contributed by atoms with Gasteiger partial charge in [0, 0.05) is 19.8 Å². The summed E-state index contributed by atoms with van der Waals surface area (Å²) in [5.41, 5.74) is 10.4. The van der Waals surface area contributed by atoms with E-state index >= 15 is 0 Å². The second-order valence-electron chi connectivity index (χ2n) is 4.24. The number of hydrogen-bond acceptors (Lipinski definition) is 2. The van der Waals surface area contributed by atoms with Gasteiger partial charge in [-0.1, -0.05) is 19.3 Å². The molecule has 0 radical (unpaired) electrons.